The van der Waals surface area contributed by atoms with Gasteiger partial charge in [0.2, 0.25) is 0 Å². The largest absolute Gasteiger partial charge is 0.492 e. The van der Waals surface area contributed by atoms with Gasteiger partial charge >= 0.3 is 5.97 Å². The molecule has 0 radical (unpaired) electrons. The van der Waals surface area contributed by atoms with E-state index in [1.165, 1.54) is 11.1 Å². The molecule has 0 amide bonds. The molecule has 1 spiro atoms. The van der Waals surface area contributed by atoms with Gasteiger partial charge < -0.3 is 15.2 Å². The molecule has 2 aliphatic rings. The van der Waals surface area contributed by atoms with E-state index in [0.717, 1.165) is 43.5 Å². The molecule has 1 fully saturated rings. The molecule has 2 N–H and O–H groups in total. The molecule has 2 aliphatic carbocycles. The molecular weight excluding hydrogens is 484 g/mol. The number of nitrogens with zero attached hydrogens (tertiary/aromatic N) is 1. The van der Waals surface area contributed by atoms with E-state index in [1.54, 1.807) is 24.5 Å². The van der Waals surface area contributed by atoms with E-state index in [0.29, 0.717) is 36.3 Å². The Balaban J connectivity index is 1.36. The van der Waals surface area contributed by atoms with E-state index in [1.807, 2.05) is 24.3 Å². The number of pyridine rings is 1. The van der Waals surface area contributed by atoms with Crippen molar-refractivity contribution in [2.75, 3.05) is 11.9 Å². The first-order valence-electron chi connectivity index (χ1n) is 13.3. The predicted octanol–water partition coefficient (Wildman–Crippen LogP) is 7.15. The van der Waals surface area contributed by atoms with E-state index in [9.17, 15) is 9.90 Å². The van der Waals surface area contributed by atoms with Gasteiger partial charge in [0.15, 0.2) is 0 Å². The first-order valence-corrected chi connectivity index (χ1v) is 13.7. The lowest BCUT2D eigenvalue weighted by Gasteiger charge is -2.47. The second-order valence-electron chi connectivity index (χ2n) is 10.7. The third-order valence-corrected chi connectivity index (χ3v) is 8.97. The highest BCUT2D eigenvalue weighted by molar-refractivity contribution is 6.30. The Labute approximate surface area is 224 Å². The van der Waals surface area contributed by atoms with Crippen molar-refractivity contribution in [1.82, 2.24) is 4.98 Å². The maximum atomic E-state index is 12.6. The Morgan fingerprint density at radius 2 is 1.95 bits per heavy atom. The number of nitrogens with one attached hydrogen (secondary N) is 1. The number of carboxylic acid groups (broad SMARTS) is 1. The zero-order chi connectivity index (χ0) is 25.9. The number of aliphatic carboxylic acids is 1. The summed E-state index contributed by atoms with van der Waals surface area (Å²) >= 11 is 6.19. The van der Waals surface area contributed by atoms with Crippen LogP contribution in [0, 0.1) is 11.8 Å². The molecule has 194 valence electrons. The van der Waals surface area contributed by atoms with E-state index >= 15 is 0 Å². The Bertz CT molecular complexity index is 1220. The van der Waals surface area contributed by atoms with E-state index in [-0.39, 0.29) is 5.41 Å². The van der Waals surface area contributed by atoms with Crippen LogP contribution in [0.2, 0.25) is 5.02 Å². The molecule has 1 saturated carbocycles. The Morgan fingerprint density at radius 3 is 2.65 bits per heavy atom. The molecule has 5 nitrogen and oxygen atoms in total. The van der Waals surface area contributed by atoms with Crippen LogP contribution in [0.4, 0.5) is 5.69 Å². The summed E-state index contributed by atoms with van der Waals surface area (Å²) in [5, 5.41) is 14.3. The summed E-state index contributed by atoms with van der Waals surface area (Å²) in [6, 6.07) is 20.0. The summed E-state index contributed by atoms with van der Waals surface area (Å²) in [6.45, 7) is 2.90. The van der Waals surface area contributed by atoms with Crippen LogP contribution in [0.3, 0.4) is 0 Å². The maximum absolute atomic E-state index is 12.6. The summed E-state index contributed by atoms with van der Waals surface area (Å²) in [7, 11) is 0. The summed E-state index contributed by atoms with van der Waals surface area (Å²) in [4.78, 5) is 16.8. The van der Waals surface area contributed by atoms with Crippen LogP contribution >= 0.6 is 11.6 Å². The van der Waals surface area contributed by atoms with Gasteiger partial charge in [-0.25, -0.2) is 4.79 Å². The molecule has 2 atom stereocenters. The zero-order valence-corrected chi connectivity index (χ0v) is 22.1. The second-order valence-corrected chi connectivity index (χ2v) is 11.2. The highest BCUT2D eigenvalue weighted by Gasteiger charge is 2.54. The van der Waals surface area contributed by atoms with Gasteiger partial charge in [-0.1, -0.05) is 55.3 Å². The molecule has 3 aromatic rings. The van der Waals surface area contributed by atoms with Gasteiger partial charge in [0.25, 0.3) is 0 Å². The van der Waals surface area contributed by atoms with E-state index in [4.69, 9.17) is 16.3 Å². The number of hydrogen-bond acceptors (Lipinski definition) is 4. The van der Waals surface area contributed by atoms with Crippen molar-refractivity contribution in [1.29, 1.82) is 0 Å². The molecule has 37 heavy (non-hydrogen) atoms. The minimum absolute atomic E-state index is 0.00667. The van der Waals surface area contributed by atoms with Gasteiger partial charge in [0, 0.05) is 16.9 Å². The average Bonchev–Trinajstić information content (AvgIpc) is 3.21. The van der Waals surface area contributed by atoms with Crippen LogP contribution < -0.4 is 10.1 Å². The molecule has 0 aliphatic heterocycles. The number of benzene rings is 2. The minimum atomic E-state index is -0.994. The van der Waals surface area contributed by atoms with Gasteiger partial charge in [-0.15, -0.1) is 0 Å². The van der Waals surface area contributed by atoms with Crippen molar-refractivity contribution >= 4 is 23.3 Å². The van der Waals surface area contributed by atoms with Crippen molar-refractivity contribution in [3.05, 3.63) is 89.2 Å². The molecule has 1 unspecified atom stereocenters. The average molecular weight is 519 g/mol. The number of carbonyl (C=O) groups is 1. The van der Waals surface area contributed by atoms with Gasteiger partial charge in [-0.3, -0.25) is 4.98 Å². The SMILES string of the molecule is CC[C@H](COc1cccnc1)CC1Cc2ccccc2C12CCC(Nc1cccc(Cl)c1)(C(=O)O)CC2. The van der Waals surface area contributed by atoms with Crippen LogP contribution in [0.5, 0.6) is 5.75 Å². The summed E-state index contributed by atoms with van der Waals surface area (Å²) < 4.78 is 6.10. The van der Waals surface area contributed by atoms with Crippen LogP contribution in [0.1, 0.15) is 56.6 Å². The fourth-order valence-corrected chi connectivity index (χ4v) is 6.80. The van der Waals surface area contributed by atoms with E-state index in [2.05, 4.69) is 41.5 Å². The second kappa shape index (κ2) is 10.7. The Kier molecular flexibility index (Phi) is 7.43. The first-order chi connectivity index (χ1) is 17.9. The number of carboxylic acids is 1. The van der Waals surface area contributed by atoms with Crippen molar-refractivity contribution in [3.8, 4) is 5.75 Å². The first kappa shape index (κ1) is 25.6. The monoisotopic (exact) mass is 518 g/mol. The fourth-order valence-electron chi connectivity index (χ4n) is 6.61. The lowest BCUT2D eigenvalue weighted by atomic mass is 9.59. The van der Waals surface area contributed by atoms with Crippen molar-refractivity contribution in [3.63, 3.8) is 0 Å². The van der Waals surface area contributed by atoms with Gasteiger partial charge in [-0.05, 0) is 97.2 Å². The van der Waals surface area contributed by atoms with Gasteiger partial charge in [-0.2, -0.15) is 0 Å². The number of rotatable bonds is 9. The lowest BCUT2D eigenvalue weighted by molar-refractivity contribution is -0.144. The number of aromatic nitrogens is 1. The number of ether oxygens (including phenoxy) is 1. The summed E-state index contributed by atoms with van der Waals surface area (Å²) in [5.74, 6) is 0.903. The third kappa shape index (κ3) is 5.19. The smallest absolute Gasteiger partial charge is 0.329 e. The highest BCUT2D eigenvalue weighted by atomic mass is 35.5. The summed E-state index contributed by atoms with van der Waals surface area (Å²) in [6.07, 6.45) is 9.49. The van der Waals surface area contributed by atoms with Crippen LogP contribution in [0.25, 0.3) is 0 Å². The van der Waals surface area contributed by atoms with Crippen molar-refractivity contribution in [2.24, 2.45) is 11.8 Å². The number of halogens is 1. The normalized spacial score (nSPS) is 25.4. The van der Waals surface area contributed by atoms with Crippen LogP contribution in [-0.2, 0) is 16.6 Å². The fraction of sp³-hybridized carbons (Fsp3) is 0.419. The third-order valence-electron chi connectivity index (χ3n) is 8.73. The molecule has 0 bridgehead atoms. The maximum Gasteiger partial charge on any atom is 0.329 e. The molecule has 1 aromatic heterocycles. The van der Waals surface area contributed by atoms with Gasteiger partial charge in [0.1, 0.15) is 11.3 Å². The molecular formula is C31H35ClN2O3. The number of fused-ring (bicyclic) bond motifs is 2. The molecule has 6 heteroatoms. The summed E-state index contributed by atoms with van der Waals surface area (Å²) in [5.41, 5.74) is 2.59. The van der Waals surface area contributed by atoms with Crippen molar-refractivity contribution in [2.45, 2.75) is 62.8 Å². The molecule has 2 aromatic carbocycles. The van der Waals surface area contributed by atoms with Crippen LogP contribution in [0.15, 0.2) is 73.1 Å². The zero-order valence-electron chi connectivity index (χ0n) is 21.3. The standard InChI is InChI=1S/C31H35ClN2O3/c1-2-22(21-37-27-10-6-16-33-20-27)17-24-18-23-7-3-4-11-28(23)30(24)12-14-31(15-13-30,29(35)36)34-26-9-5-8-25(32)19-26/h3-11,16,19-20,22,24,34H,2,12-15,17-18,21H2,1H3,(H,35,36)/t22-,24?,30?,31?/m0/s1. The molecule has 5 rings (SSSR count). The number of anilines is 1. The highest BCUT2D eigenvalue weighted by Crippen LogP contribution is 2.56. The minimum Gasteiger partial charge on any atom is -0.492 e. The molecule has 1 heterocycles. The number of hydrogen-bond donors (Lipinski definition) is 2. The molecule has 0 saturated heterocycles. The Hall–Kier alpha value is -3.05. The topological polar surface area (TPSA) is 71.5 Å². The quantitative estimate of drug-likeness (QED) is 0.314. The van der Waals surface area contributed by atoms with Crippen molar-refractivity contribution < 1.29 is 14.6 Å². The predicted molar refractivity (Wildman–Crippen MR) is 147 cm³/mol. The van der Waals surface area contributed by atoms with Crippen LogP contribution in [-0.4, -0.2) is 28.2 Å². The lowest BCUT2D eigenvalue weighted by Crippen LogP contribution is -2.53. The Morgan fingerprint density at radius 1 is 1.14 bits per heavy atom. The van der Waals surface area contributed by atoms with Gasteiger partial charge in [0.05, 0.1) is 12.8 Å². The van der Waals surface area contributed by atoms with E-state index < -0.39 is 11.5 Å².